The molecule has 1 amide bonds. The van der Waals surface area contributed by atoms with Crippen molar-refractivity contribution >= 4 is 38.9 Å². The van der Waals surface area contributed by atoms with Crippen molar-refractivity contribution in [1.29, 1.82) is 0 Å². The molecule has 3 aromatic carbocycles. The van der Waals surface area contributed by atoms with E-state index in [1.54, 1.807) is 0 Å². The summed E-state index contributed by atoms with van der Waals surface area (Å²) < 4.78 is 70.0. The zero-order chi connectivity index (χ0) is 24.9. The van der Waals surface area contributed by atoms with E-state index in [0.29, 0.717) is 5.69 Å². The standard InChI is InChI=1S/C23H20ClF3N2O4S/c1-34(31,32)29(14-16-5-3-2-4-6-16)18-8-10-19(11-9-18)33-15-22(30)28-17-7-12-21(24)20(13-17)23(25,26)27/h2-13H,14-15H2,1H3,(H,28,30). The van der Waals surface area contributed by atoms with Crippen molar-refractivity contribution in [3.63, 3.8) is 0 Å². The van der Waals surface area contributed by atoms with Crippen LogP contribution in [0.3, 0.4) is 0 Å². The average Bonchev–Trinajstić information content (AvgIpc) is 2.77. The monoisotopic (exact) mass is 512 g/mol. The van der Waals surface area contributed by atoms with Crippen LogP contribution in [0, 0.1) is 0 Å². The van der Waals surface area contributed by atoms with Gasteiger partial charge >= 0.3 is 6.18 Å². The van der Waals surface area contributed by atoms with Gasteiger partial charge in [-0.25, -0.2) is 8.42 Å². The predicted octanol–water partition coefficient (Wildman–Crippen LogP) is 5.34. The van der Waals surface area contributed by atoms with Gasteiger partial charge in [0.25, 0.3) is 5.91 Å². The first-order chi connectivity index (χ1) is 15.9. The van der Waals surface area contributed by atoms with Crippen LogP contribution in [0.2, 0.25) is 5.02 Å². The third kappa shape index (κ3) is 6.88. The van der Waals surface area contributed by atoms with E-state index in [1.807, 2.05) is 30.3 Å². The lowest BCUT2D eigenvalue weighted by Gasteiger charge is -2.22. The van der Waals surface area contributed by atoms with Crippen molar-refractivity contribution < 1.29 is 31.1 Å². The largest absolute Gasteiger partial charge is 0.484 e. The topological polar surface area (TPSA) is 75.7 Å². The zero-order valence-corrected chi connectivity index (χ0v) is 19.4. The summed E-state index contributed by atoms with van der Waals surface area (Å²) in [6.07, 6.45) is -3.55. The molecule has 0 fully saturated rings. The van der Waals surface area contributed by atoms with Crippen LogP contribution in [0.1, 0.15) is 11.1 Å². The van der Waals surface area contributed by atoms with E-state index in [4.69, 9.17) is 16.3 Å². The molecule has 3 rings (SSSR count). The van der Waals surface area contributed by atoms with Gasteiger partial charge in [0.2, 0.25) is 10.0 Å². The van der Waals surface area contributed by atoms with Crippen LogP contribution in [0.4, 0.5) is 24.5 Å². The fourth-order valence-electron chi connectivity index (χ4n) is 3.02. The minimum atomic E-state index is -4.66. The molecule has 0 radical (unpaired) electrons. The number of rotatable bonds is 8. The molecule has 0 aliphatic rings. The molecule has 11 heteroatoms. The summed E-state index contributed by atoms with van der Waals surface area (Å²) in [5.41, 5.74) is 0.0737. The summed E-state index contributed by atoms with van der Waals surface area (Å²) >= 11 is 5.57. The molecule has 0 heterocycles. The molecule has 0 aromatic heterocycles. The Morgan fingerprint density at radius 2 is 1.68 bits per heavy atom. The first-order valence-corrected chi connectivity index (χ1v) is 12.1. The Hall–Kier alpha value is -3.24. The van der Waals surface area contributed by atoms with Crippen LogP contribution < -0.4 is 14.4 Å². The van der Waals surface area contributed by atoms with E-state index in [0.717, 1.165) is 24.0 Å². The third-order valence-corrected chi connectivity index (χ3v) is 6.09. The van der Waals surface area contributed by atoms with Gasteiger partial charge < -0.3 is 10.1 Å². The summed E-state index contributed by atoms with van der Waals surface area (Å²) in [4.78, 5) is 12.1. The normalized spacial score (nSPS) is 11.7. The summed E-state index contributed by atoms with van der Waals surface area (Å²) in [5, 5.41) is 1.84. The number of ether oxygens (including phenoxy) is 1. The molecule has 6 nitrogen and oxygen atoms in total. The second-order valence-corrected chi connectivity index (χ2v) is 9.59. The minimum Gasteiger partial charge on any atom is -0.484 e. The van der Waals surface area contributed by atoms with Gasteiger partial charge in [-0.1, -0.05) is 41.9 Å². The zero-order valence-electron chi connectivity index (χ0n) is 17.8. The summed E-state index contributed by atoms with van der Waals surface area (Å²) in [6, 6.07) is 18.2. The van der Waals surface area contributed by atoms with E-state index in [2.05, 4.69) is 5.32 Å². The molecule has 1 N–H and O–H groups in total. The average molecular weight is 513 g/mol. The number of hydrogen-bond acceptors (Lipinski definition) is 4. The summed E-state index contributed by atoms with van der Waals surface area (Å²) in [7, 11) is -3.57. The molecule has 0 aliphatic carbocycles. The lowest BCUT2D eigenvalue weighted by Crippen LogP contribution is -2.29. The maximum absolute atomic E-state index is 13.0. The molecular weight excluding hydrogens is 493 g/mol. The number of carbonyl (C=O) groups excluding carboxylic acids is 1. The molecule has 180 valence electrons. The highest BCUT2D eigenvalue weighted by molar-refractivity contribution is 7.92. The SMILES string of the molecule is CS(=O)(=O)N(Cc1ccccc1)c1ccc(OCC(=O)Nc2ccc(Cl)c(C(F)(F)F)c2)cc1. The second-order valence-electron chi connectivity index (χ2n) is 7.28. The van der Waals surface area contributed by atoms with E-state index in [-0.39, 0.29) is 18.0 Å². The van der Waals surface area contributed by atoms with E-state index in [9.17, 15) is 26.4 Å². The fraction of sp³-hybridized carbons (Fsp3) is 0.174. The van der Waals surface area contributed by atoms with Crippen LogP contribution >= 0.6 is 11.6 Å². The Morgan fingerprint density at radius 1 is 1.03 bits per heavy atom. The molecule has 34 heavy (non-hydrogen) atoms. The Morgan fingerprint density at radius 3 is 2.26 bits per heavy atom. The lowest BCUT2D eigenvalue weighted by molar-refractivity contribution is -0.137. The van der Waals surface area contributed by atoms with Crippen molar-refractivity contribution in [2.75, 3.05) is 22.5 Å². The van der Waals surface area contributed by atoms with Crippen molar-refractivity contribution in [3.05, 3.63) is 88.9 Å². The number of hydrogen-bond donors (Lipinski definition) is 1. The Kier molecular flexibility index (Phi) is 7.73. The number of nitrogens with zero attached hydrogens (tertiary/aromatic N) is 1. The van der Waals surface area contributed by atoms with Crippen LogP contribution in [-0.4, -0.2) is 27.2 Å². The molecule has 0 saturated carbocycles. The molecule has 3 aromatic rings. The maximum atomic E-state index is 13.0. The van der Waals surface area contributed by atoms with Crippen LogP contribution in [0.15, 0.2) is 72.8 Å². The van der Waals surface area contributed by atoms with Gasteiger partial charge in [-0.2, -0.15) is 13.2 Å². The molecule has 0 aliphatic heterocycles. The first kappa shape index (κ1) is 25.4. The van der Waals surface area contributed by atoms with Gasteiger partial charge in [0.15, 0.2) is 6.61 Å². The highest BCUT2D eigenvalue weighted by Gasteiger charge is 2.33. The molecule has 0 atom stereocenters. The second kappa shape index (κ2) is 10.4. The van der Waals surface area contributed by atoms with E-state index >= 15 is 0 Å². The predicted molar refractivity (Wildman–Crippen MR) is 124 cm³/mol. The maximum Gasteiger partial charge on any atom is 0.417 e. The number of sulfonamides is 1. The summed E-state index contributed by atoms with van der Waals surface area (Å²) in [5.74, 6) is -0.402. The van der Waals surface area contributed by atoms with Crippen LogP contribution in [-0.2, 0) is 27.5 Å². The highest BCUT2D eigenvalue weighted by atomic mass is 35.5. The highest BCUT2D eigenvalue weighted by Crippen LogP contribution is 2.36. The van der Waals surface area contributed by atoms with Gasteiger partial charge in [-0.15, -0.1) is 0 Å². The Labute approximate surface area is 200 Å². The van der Waals surface area contributed by atoms with Gasteiger partial charge in [0, 0.05) is 5.69 Å². The number of alkyl halides is 3. The number of benzene rings is 3. The van der Waals surface area contributed by atoms with Crippen molar-refractivity contribution in [2.24, 2.45) is 0 Å². The number of amides is 1. The number of halogens is 4. The summed E-state index contributed by atoms with van der Waals surface area (Å²) in [6.45, 7) is -0.327. The van der Waals surface area contributed by atoms with Crippen molar-refractivity contribution in [2.45, 2.75) is 12.7 Å². The minimum absolute atomic E-state index is 0.0784. The van der Waals surface area contributed by atoms with Gasteiger partial charge in [0.1, 0.15) is 5.75 Å². The Bertz CT molecular complexity index is 1250. The molecule has 0 spiro atoms. The fourth-order valence-corrected chi connectivity index (χ4v) is 4.14. The number of nitrogens with one attached hydrogen (secondary N) is 1. The van der Waals surface area contributed by atoms with Crippen molar-refractivity contribution in [3.8, 4) is 5.75 Å². The molecule has 0 bridgehead atoms. The number of anilines is 2. The lowest BCUT2D eigenvalue weighted by atomic mass is 10.2. The quantitative estimate of drug-likeness (QED) is 0.442. The van der Waals surface area contributed by atoms with Crippen LogP contribution in [0.5, 0.6) is 5.75 Å². The first-order valence-electron chi connectivity index (χ1n) is 9.84. The van der Waals surface area contributed by atoms with E-state index < -0.39 is 39.3 Å². The van der Waals surface area contributed by atoms with Gasteiger partial charge in [0.05, 0.1) is 29.1 Å². The van der Waals surface area contributed by atoms with E-state index in [1.165, 1.54) is 34.6 Å². The third-order valence-electron chi connectivity index (χ3n) is 4.62. The molecular formula is C23H20ClF3N2O4S. The van der Waals surface area contributed by atoms with Gasteiger partial charge in [-0.05, 0) is 48.0 Å². The smallest absolute Gasteiger partial charge is 0.417 e. The van der Waals surface area contributed by atoms with Crippen LogP contribution in [0.25, 0.3) is 0 Å². The molecule has 0 unspecified atom stereocenters. The number of carbonyl (C=O) groups is 1. The van der Waals surface area contributed by atoms with Gasteiger partial charge in [-0.3, -0.25) is 9.10 Å². The Balaban J connectivity index is 1.64. The van der Waals surface area contributed by atoms with Crippen molar-refractivity contribution in [1.82, 2.24) is 0 Å². The molecule has 0 saturated heterocycles.